The highest BCUT2D eigenvalue weighted by molar-refractivity contribution is 6.09. The van der Waals surface area contributed by atoms with Crippen LogP contribution in [0.25, 0.3) is 65.7 Å². The summed E-state index contributed by atoms with van der Waals surface area (Å²) in [4.78, 5) is 2.39. The van der Waals surface area contributed by atoms with Crippen molar-refractivity contribution in [1.82, 2.24) is 0 Å². The largest absolute Gasteiger partial charge is 0.456 e. The number of rotatable bonds is 4. The number of furan rings is 1. The van der Waals surface area contributed by atoms with Crippen molar-refractivity contribution in [2.24, 2.45) is 23.7 Å². The molecule has 14 rings (SSSR count). The molecule has 1 aromatic heterocycles. The topological polar surface area (TPSA) is 16.4 Å². The quantitative estimate of drug-likeness (QED) is 0.168. The summed E-state index contributed by atoms with van der Waals surface area (Å²) in [5.74, 6) is 3.40. The molecule has 8 aromatic carbocycles. The molecule has 4 bridgehead atoms. The molecule has 9 aromatic rings. The van der Waals surface area contributed by atoms with E-state index < -0.39 is 0 Å². The van der Waals surface area contributed by atoms with E-state index in [1.165, 1.54) is 75.9 Å². The molecule has 0 amide bonds. The first-order chi connectivity index (χ1) is 27.7. The van der Waals surface area contributed by atoms with Crippen LogP contribution in [0, 0.1) is 23.7 Å². The Bertz CT molecular complexity index is 3030. The lowest BCUT2D eigenvalue weighted by Crippen LogP contribution is -2.55. The first kappa shape index (κ1) is 31.1. The highest BCUT2D eigenvalue weighted by Crippen LogP contribution is 2.70. The van der Waals surface area contributed by atoms with Gasteiger partial charge in [0.15, 0.2) is 0 Å². The Labute approximate surface area is 327 Å². The molecule has 0 unspecified atom stereocenters. The number of anilines is 3. The summed E-state index contributed by atoms with van der Waals surface area (Å²) < 4.78 is 6.44. The monoisotopic (exact) mass is 719 g/mol. The van der Waals surface area contributed by atoms with Crippen LogP contribution in [0.3, 0.4) is 0 Å². The van der Waals surface area contributed by atoms with Crippen LogP contribution in [0.1, 0.15) is 43.2 Å². The third-order valence-electron chi connectivity index (χ3n) is 14.6. The van der Waals surface area contributed by atoms with Gasteiger partial charge in [0, 0.05) is 39.3 Å². The predicted octanol–water partition coefficient (Wildman–Crippen LogP) is 14.8. The summed E-state index contributed by atoms with van der Waals surface area (Å²) in [6.45, 7) is 0. The zero-order valence-corrected chi connectivity index (χ0v) is 31.3. The van der Waals surface area contributed by atoms with Gasteiger partial charge in [-0.05, 0) is 153 Å². The maximum absolute atomic E-state index is 6.44. The predicted molar refractivity (Wildman–Crippen MR) is 232 cm³/mol. The molecule has 5 aliphatic carbocycles. The van der Waals surface area contributed by atoms with Crippen LogP contribution in [-0.4, -0.2) is 0 Å². The van der Waals surface area contributed by atoms with Crippen LogP contribution in [0.4, 0.5) is 17.1 Å². The van der Waals surface area contributed by atoms with Gasteiger partial charge in [-0.3, -0.25) is 0 Å². The number of hydrogen-bond acceptors (Lipinski definition) is 2. The van der Waals surface area contributed by atoms with E-state index in [1.807, 2.05) is 6.07 Å². The van der Waals surface area contributed by atoms with Gasteiger partial charge in [-0.25, -0.2) is 0 Å². The molecule has 0 saturated heterocycles. The van der Waals surface area contributed by atoms with Gasteiger partial charge >= 0.3 is 0 Å². The van der Waals surface area contributed by atoms with Crippen molar-refractivity contribution in [1.29, 1.82) is 0 Å². The summed E-state index contributed by atoms with van der Waals surface area (Å²) in [6, 6.07) is 61.2. The van der Waals surface area contributed by atoms with E-state index in [0.717, 1.165) is 62.7 Å². The Morgan fingerprint density at radius 1 is 0.429 bits per heavy atom. The average molecular weight is 720 g/mol. The number of hydrogen-bond donors (Lipinski definition) is 0. The van der Waals surface area contributed by atoms with Crippen LogP contribution in [0.15, 0.2) is 168 Å². The molecule has 0 aliphatic heterocycles. The second-order valence-corrected chi connectivity index (χ2v) is 17.3. The number of benzene rings is 8. The fourth-order valence-electron chi connectivity index (χ4n) is 12.7. The number of para-hydroxylation sites is 1. The lowest BCUT2D eigenvalue weighted by molar-refractivity contribution is -0.0399. The van der Waals surface area contributed by atoms with Gasteiger partial charge in [0.1, 0.15) is 11.2 Å². The Hall–Kier alpha value is -6.12. The smallest absolute Gasteiger partial charge is 0.137 e. The number of fused-ring (bicyclic) bond motifs is 9. The van der Waals surface area contributed by atoms with Crippen molar-refractivity contribution in [3.05, 3.63) is 175 Å². The Morgan fingerprint density at radius 2 is 1.04 bits per heavy atom. The molecular formula is C54H41NO. The third-order valence-corrected chi connectivity index (χ3v) is 14.6. The summed E-state index contributed by atoms with van der Waals surface area (Å²) in [6.07, 6.45) is 7.09. The van der Waals surface area contributed by atoms with E-state index in [0.29, 0.717) is 0 Å². The van der Waals surface area contributed by atoms with Crippen LogP contribution < -0.4 is 4.90 Å². The molecule has 0 N–H and O–H groups in total. The highest BCUT2D eigenvalue weighted by Gasteiger charge is 2.61. The van der Waals surface area contributed by atoms with E-state index in [4.69, 9.17) is 4.42 Å². The van der Waals surface area contributed by atoms with Crippen molar-refractivity contribution in [2.45, 2.75) is 37.5 Å². The van der Waals surface area contributed by atoms with Crippen molar-refractivity contribution >= 4 is 60.5 Å². The molecular weight excluding hydrogens is 679 g/mol. The maximum atomic E-state index is 6.44. The minimum atomic E-state index is 0.169. The molecule has 0 radical (unpaired) electrons. The van der Waals surface area contributed by atoms with Gasteiger partial charge in [0.05, 0.1) is 0 Å². The Kier molecular flexibility index (Phi) is 6.37. The van der Waals surface area contributed by atoms with Crippen molar-refractivity contribution in [2.75, 3.05) is 4.90 Å². The SMILES string of the molecule is c1ccc2c(c1)-c1c(-c3ccc(N(c4ccc5c(ccc6ccccc65)c4)c4ccc5c(c4)oc4ccccc45)cc3)cccc1C21C2CC3CC(C2)CC1C3. The van der Waals surface area contributed by atoms with Crippen LogP contribution >= 0.6 is 0 Å². The normalized spacial score (nSPS) is 23.1. The minimum Gasteiger partial charge on any atom is -0.456 e. The average Bonchev–Trinajstić information content (AvgIpc) is 3.76. The molecule has 4 saturated carbocycles. The van der Waals surface area contributed by atoms with Crippen molar-refractivity contribution in [3.63, 3.8) is 0 Å². The van der Waals surface area contributed by atoms with E-state index >= 15 is 0 Å². The fraction of sp³-hybridized carbons (Fsp3) is 0.185. The second-order valence-electron chi connectivity index (χ2n) is 17.3. The molecule has 4 fully saturated rings. The van der Waals surface area contributed by atoms with Crippen LogP contribution in [0.2, 0.25) is 0 Å². The van der Waals surface area contributed by atoms with Crippen molar-refractivity contribution in [3.8, 4) is 22.3 Å². The van der Waals surface area contributed by atoms with Gasteiger partial charge in [-0.15, -0.1) is 0 Å². The molecule has 5 aliphatic rings. The number of nitrogens with zero attached hydrogens (tertiary/aromatic N) is 1. The third kappa shape index (κ3) is 4.22. The van der Waals surface area contributed by atoms with E-state index in [9.17, 15) is 0 Å². The molecule has 268 valence electrons. The molecule has 56 heavy (non-hydrogen) atoms. The minimum absolute atomic E-state index is 0.169. The van der Waals surface area contributed by atoms with Gasteiger partial charge in [0.25, 0.3) is 0 Å². The lowest BCUT2D eigenvalue weighted by Gasteiger charge is -2.61. The summed E-state index contributed by atoms with van der Waals surface area (Å²) >= 11 is 0. The van der Waals surface area contributed by atoms with E-state index in [1.54, 1.807) is 11.1 Å². The fourth-order valence-corrected chi connectivity index (χ4v) is 12.7. The van der Waals surface area contributed by atoms with E-state index in [2.05, 4.69) is 163 Å². The summed E-state index contributed by atoms with van der Waals surface area (Å²) in [7, 11) is 0. The zero-order valence-electron chi connectivity index (χ0n) is 31.3. The second kappa shape index (κ2) is 11.5. The first-order valence-corrected chi connectivity index (χ1v) is 20.7. The van der Waals surface area contributed by atoms with Crippen LogP contribution in [-0.2, 0) is 5.41 Å². The molecule has 2 nitrogen and oxygen atoms in total. The van der Waals surface area contributed by atoms with Crippen molar-refractivity contribution < 1.29 is 4.42 Å². The van der Waals surface area contributed by atoms with Gasteiger partial charge in [-0.2, -0.15) is 0 Å². The zero-order chi connectivity index (χ0) is 36.5. The van der Waals surface area contributed by atoms with Gasteiger partial charge < -0.3 is 9.32 Å². The Balaban J connectivity index is 0.959. The molecule has 0 atom stereocenters. The van der Waals surface area contributed by atoms with Crippen LogP contribution in [0.5, 0.6) is 0 Å². The highest BCUT2D eigenvalue weighted by atomic mass is 16.3. The first-order valence-electron chi connectivity index (χ1n) is 20.7. The standard InChI is InChI=1S/C54H41NO/c1-2-9-43-35(8-1)16-17-37-31-41(22-24-44(37)43)55(42-23-25-47-46-10-4-6-15-51(46)56-52(47)32-42)40-20-18-36(19-21-40)45-12-7-14-50-53(45)48-11-3-5-13-49(48)54(50)38-27-33-26-34(29-38)30-39(54)28-33/h1-25,31-34,38-39H,26-30H2. The summed E-state index contributed by atoms with van der Waals surface area (Å²) in [5.41, 5.74) is 14.1. The molecule has 1 spiro atoms. The molecule has 2 heteroatoms. The Morgan fingerprint density at radius 3 is 1.88 bits per heavy atom. The summed E-state index contributed by atoms with van der Waals surface area (Å²) in [5, 5.41) is 7.33. The maximum Gasteiger partial charge on any atom is 0.137 e. The van der Waals surface area contributed by atoms with E-state index in [-0.39, 0.29) is 5.41 Å². The molecule has 1 heterocycles. The lowest BCUT2D eigenvalue weighted by atomic mass is 9.43. The van der Waals surface area contributed by atoms with Gasteiger partial charge in [0.2, 0.25) is 0 Å². The van der Waals surface area contributed by atoms with Gasteiger partial charge in [-0.1, -0.05) is 115 Å².